The van der Waals surface area contributed by atoms with E-state index in [4.69, 9.17) is 11.6 Å². The third kappa shape index (κ3) is 4.17. The number of aromatic nitrogens is 3. The number of nitrogens with zero attached hydrogens (tertiary/aromatic N) is 3. The van der Waals surface area contributed by atoms with Crippen LogP contribution in [-0.4, -0.2) is 26.4 Å². The summed E-state index contributed by atoms with van der Waals surface area (Å²) in [6, 6.07) is 15.5. The number of thioether (sulfide) groups is 1. The van der Waals surface area contributed by atoms with E-state index in [0.29, 0.717) is 10.9 Å². The number of rotatable bonds is 6. The molecule has 0 radical (unpaired) electrons. The van der Waals surface area contributed by atoms with E-state index in [2.05, 4.69) is 20.1 Å². The van der Waals surface area contributed by atoms with Crippen LogP contribution in [0.3, 0.4) is 0 Å². The molecule has 1 N–H and O–H groups in total. The molecule has 27 heavy (non-hydrogen) atoms. The summed E-state index contributed by atoms with van der Waals surface area (Å²) in [6.45, 7) is 1.94. The number of hydrogen-bond acceptors (Lipinski definition) is 4. The largest absolute Gasteiger partial charge is 0.325 e. The molecule has 1 aromatic heterocycles. The van der Waals surface area contributed by atoms with Gasteiger partial charge in [0, 0.05) is 22.3 Å². The molecule has 0 spiro atoms. The first-order valence-corrected chi connectivity index (χ1v) is 10.2. The highest BCUT2D eigenvalue weighted by atomic mass is 35.5. The van der Waals surface area contributed by atoms with E-state index in [1.807, 2.05) is 49.4 Å². The van der Waals surface area contributed by atoms with Crippen molar-refractivity contribution in [1.82, 2.24) is 14.8 Å². The molecule has 2 aromatic carbocycles. The van der Waals surface area contributed by atoms with Crippen LogP contribution >= 0.6 is 23.4 Å². The number of carbonyl (C=O) groups is 1. The van der Waals surface area contributed by atoms with E-state index in [9.17, 15) is 4.79 Å². The van der Waals surface area contributed by atoms with Gasteiger partial charge in [-0.2, -0.15) is 0 Å². The van der Waals surface area contributed by atoms with Gasteiger partial charge in [-0.25, -0.2) is 0 Å². The monoisotopic (exact) mass is 398 g/mol. The number of carbonyl (C=O) groups excluding carboxylic acids is 1. The van der Waals surface area contributed by atoms with E-state index >= 15 is 0 Å². The topological polar surface area (TPSA) is 59.8 Å². The Balaban J connectivity index is 1.50. The molecule has 1 saturated carbocycles. The molecule has 1 heterocycles. The van der Waals surface area contributed by atoms with E-state index in [-0.39, 0.29) is 11.7 Å². The molecule has 0 bridgehead atoms. The average molecular weight is 399 g/mol. The Morgan fingerprint density at radius 2 is 2.00 bits per heavy atom. The van der Waals surface area contributed by atoms with E-state index < -0.39 is 0 Å². The zero-order chi connectivity index (χ0) is 18.8. The molecule has 4 rings (SSSR count). The second-order valence-corrected chi connectivity index (χ2v) is 7.96. The third-order valence-electron chi connectivity index (χ3n) is 4.42. The Bertz CT molecular complexity index is 969. The highest BCUT2D eigenvalue weighted by molar-refractivity contribution is 7.99. The summed E-state index contributed by atoms with van der Waals surface area (Å²) in [5.74, 6) is 1.60. The molecule has 138 valence electrons. The standard InChI is InChI=1S/C20H19ClN4OS/c1-13-7-10-15(21)11-17(13)22-18(26)12-27-20-24-23-19(14-8-9-14)25(20)16-5-3-2-4-6-16/h2-7,10-11,14H,8-9,12H2,1H3,(H,22,26). The van der Waals surface area contributed by atoms with Crippen molar-refractivity contribution in [2.75, 3.05) is 11.1 Å². The van der Waals surface area contributed by atoms with Crippen LogP contribution in [0.15, 0.2) is 53.7 Å². The lowest BCUT2D eigenvalue weighted by Gasteiger charge is -2.11. The van der Waals surface area contributed by atoms with Crippen LogP contribution in [0.5, 0.6) is 0 Å². The molecule has 1 aliphatic carbocycles. The van der Waals surface area contributed by atoms with Gasteiger partial charge in [-0.1, -0.05) is 47.6 Å². The number of aryl methyl sites for hydroxylation is 1. The van der Waals surface area contributed by atoms with Crippen molar-refractivity contribution < 1.29 is 4.79 Å². The van der Waals surface area contributed by atoms with Crippen LogP contribution < -0.4 is 5.32 Å². The second kappa shape index (κ2) is 7.74. The minimum Gasteiger partial charge on any atom is -0.325 e. The van der Waals surface area contributed by atoms with Crippen molar-refractivity contribution in [3.63, 3.8) is 0 Å². The maximum Gasteiger partial charge on any atom is 0.234 e. The lowest BCUT2D eigenvalue weighted by Crippen LogP contribution is -2.15. The van der Waals surface area contributed by atoms with E-state index in [0.717, 1.165) is 40.8 Å². The van der Waals surface area contributed by atoms with E-state index in [1.54, 1.807) is 6.07 Å². The first-order valence-electron chi connectivity index (χ1n) is 8.81. The highest BCUT2D eigenvalue weighted by Gasteiger charge is 2.31. The van der Waals surface area contributed by atoms with Gasteiger partial charge in [0.25, 0.3) is 0 Å². The summed E-state index contributed by atoms with van der Waals surface area (Å²) < 4.78 is 2.07. The van der Waals surface area contributed by atoms with Crippen LogP contribution in [0.4, 0.5) is 5.69 Å². The Morgan fingerprint density at radius 3 is 2.74 bits per heavy atom. The van der Waals surface area contributed by atoms with Gasteiger partial charge in [0.2, 0.25) is 5.91 Å². The summed E-state index contributed by atoms with van der Waals surface area (Å²) in [7, 11) is 0. The van der Waals surface area contributed by atoms with Crippen LogP contribution in [0.1, 0.15) is 30.1 Å². The van der Waals surface area contributed by atoms with Gasteiger partial charge in [-0.05, 0) is 49.6 Å². The predicted molar refractivity (Wildman–Crippen MR) is 109 cm³/mol. The van der Waals surface area contributed by atoms with Crippen molar-refractivity contribution in [3.05, 3.63) is 64.9 Å². The molecule has 7 heteroatoms. The summed E-state index contributed by atoms with van der Waals surface area (Å²) >= 11 is 7.41. The number of halogens is 1. The summed E-state index contributed by atoms with van der Waals surface area (Å²) in [5, 5.41) is 13.0. The number of anilines is 1. The number of amides is 1. The minimum absolute atomic E-state index is 0.0963. The van der Waals surface area contributed by atoms with Crippen LogP contribution in [-0.2, 0) is 4.79 Å². The van der Waals surface area contributed by atoms with Gasteiger partial charge in [-0.3, -0.25) is 9.36 Å². The van der Waals surface area contributed by atoms with Crippen LogP contribution in [0, 0.1) is 6.92 Å². The maximum atomic E-state index is 12.4. The van der Waals surface area contributed by atoms with Crippen LogP contribution in [0.2, 0.25) is 5.02 Å². The molecule has 0 saturated heterocycles. The number of hydrogen-bond donors (Lipinski definition) is 1. The fraction of sp³-hybridized carbons (Fsp3) is 0.250. The fourth-order valence-electron chi connectivity index (χ4n) is 2.85. The van der Waals surface area contributed by atoms with Gasteiger partial charge < -0.3 is 5.32 Å². The molecule has 3 aromatic rings. The van der Waals surface area contributed by atoms with Gasteiger partial charge in [-0.15, -0.1) is 10.2 Å². The summed E-state index contributed by atoms with van der Waals surface area (Å²) in [6.07, 6.45) is 2.29. The molecule has 0 atom stereocenters. The SMILES string of the molecule is Cc1ccc(Cl)cc1NC(=O)CSc1nnc(C2CC2)n1-c1ccccc1. The van der Waals surface area contributed by atoms with Crippen LogP contribution in [0.25, 0.3) is 5.69 Å². The molecule has 5 nitrogen and oxygen atoms in total. The minimum atomic E-state index is -0.0963. The Hall–Kier alpha value is -2.31. The summed E-state index contributed by atoms with van der Waals surface area (Å²) in [5.41, 5.74) is 2.73. The van der Waals surface area contributed by atoms with Gasteiger partial charge >= 0.3 is 0 Å². The van der Waals surface area contributed by atoms with Crippen molar-refractivity contribution >= 4 is 35.0 Å². The fourth-order valence-corrected chi connectivity index (χ4v) is 3.78. The summed E-state index contributed by atoms with van der Waals surface area (Å²) in [4.78, 5) is 12.4. The normalized spacial score (nSPS) is 13.6. The molecule has 0 unspecified atom stereocenters. The van der Waals surface area contributed by atoms with Crippen molar-refractivity contribution in [1.29, 1.82) is 0 Å². The average Bonchev–Trinajstić information content (AvgIpc) is 3.43. The molecule has 0 aliphatic heterocycles. The second-order valence-electron chi connectivity index (χ2n) is 6.58. The zero-order valence-corrected chi connectivity index (χ0v) is 16.4. The van der Waals surface area contributed by atoms with Crippen molar-refractivity contribution in [2.45, 2.75) is 30.8 Å². The van der Waals surface area contributed by atoms with E-state index in [1.165, 1.54) is 11.8 Å². The first kappa shape index (κ1) is 18.1. The van der Waals surface area contributed by atoms with Crippen molar-refractivity contribution in [3.8, 4) is 5.69 Å². The van der Waals surface area contributed by atoms with Gasteiger partial charge in [0.05, 0.1) is 5.75 Å². The first-order chi connectivity index (χ1) is 13.1. The Morgan fingerprint density at radius 1 is 1.22 bits per heavy atom. The zero-order valence-electron chi connectivity index (χ0n) is 14.9. The Kier molecular flexibility index (Phi) is 5.18. The molecular formula is C20H19ClN4OS. The van der Waals surface area contributed by atoms with Gasteiger partial charge in [0.1, 0.15) is 5.82 Å². The number of para-hydroxylation sites is 1. The number of benzene rings is 2. The predicted octanol–water partition coefficient (Wildman–Crippen LogP) is 4.84. The molecule has 1 aliphatic rings. The van der Waals surface area contributed by atoms with Gasteiger partial charge in [0.15, 0.2) is 5.16 Å². The smallest absolute Gasteiger partial charge is 0.234 e. The Labute approximate surface area is 167 Å². The quantitative estimate of drug-likeness (QED) is 0.603. The maximum absolute atomic E-state index is 12.4. The highest BCUT2D eigenvalue weighted by Crippen LogP contribution is 2.41. The number of nitrogens with one attached hydrogen (secondary N) is 1. The lowest BCUT2D eigenvalue weighted by molar-refractivity contribution is -0.113. The van der Waals surface area contributed by atoms with Crippen molar-refractivity contribution in [2.24, 2.45) is 0 Å². The third-order valence-corrected chi connectivity index (χ3v) is 5.59. The lowest BCUT2D eigenvalue weighted by atomic mass is 10.2. The molecule has 1 amide bonds. The molecular weight excluding hydrogens is 380 g/mol. The molecule has 1 fully saturated rings.